The Labute approximate surface area is 165 Å². The first-order valence-electron chi connectivity index (χ1n) is 9.69. The molecule has 0 spiro atoms. The lowest BCUT2D eigenvalue weighted by molar-refractivity contribution is -0.148. The second-order valence-corrected chi connectivity index (χ2v) is 8.27. The van der Waals surface area contributed by atoms with E-state index in [0.717, 1.165) is 32.1 Å². The van der Waals surface area contributed by atoms with Crippen molar-refractivity contribution in [2.45, 2.75) is 65.0 Å². The summed E-state index contributed by atoms with van der Waals surface area (Å²) in [6.45, 7) is 5.55. The zero-order valence-corrected chi connectivity index (χ0v) is 17.0. The largest absolute Gasteiger partial charge is 0.467 e. The van der Waals surface area contributed by atoms with Crippen LogP contribution in [-0.2, 0) is 14.3 Å². The van der Waals surface area contributed by atoms with Crippen LogP contribution in [-0.4, -0.2) is 46.9 Å². The van der Waals surface area contributed by atoms with E-state index in [1.807, 2.05) is 20.8 Å². The molecule has 0 bridgehead atoms. The summed E-state index contributed by atoms with van der Waals surface area (Å²) in [5.74, 6) is -1.34. The quantitative estimate of drug-likeness (QED) is 0.718. The number of amides is 2. The molecule has 2 N–H and O–H groups in total. The molecular weight excluding hydrogens is 360 g/mol. The zero-order valence-electron chi connectivity index (χ0n) is 17.0. The van der Waals surface area contributed by atoms with E-state index >= 15 is 0 Å². The lowest BCUT2D eigenvalue weighted by Gasteiger charge is -2.34. The molecule has 0 aromatic carbocycles. The van der Waals surface area contributed by atoms with E-state index in [1.54, 1.807) is 0 Å². The molecule has 154 valence electrons. The first kappa shape index (κ1) is 21.8. The summed E-state index contributed by atoms with van der Waals surface area (Å²) in [6, 6.07) is -1.56. The predicted octanol–water partition coefficient (Wildman–Crippen LogP) is 1.86. The lowest BCUT2D eigenvalue weighted by atomic mass is 9.82. The SMILES string of the molecule is COC(=O)C(NC(=O)C(NC(=O)c1cnccn1)C1CCCCC1)C(C)(C)C. The summed E-state index contributed by atoms with van der Waals surface area (Å²) < 4.78 is 4.86. The smallest absolute Gasteiger partial charge is 0.328 e. The Hall–Kier alpha value is -2.51. The number of nitrogens with zero attached hydrogens (tertiary/aromatic N) is 2. The topological polar surface area (TPSA) is 110 Å². The number of hydrogen-bond donors (Lipinski definition) is 2. The number of hydrogen-bond acceptors (Lipinski definition) is 6. The first-order chi connectivity index (χ1) is 13.2. The van der Waals surface area contributed by atoms with Crippen molar-refractivity contribution in [3.8, 4) is 0 Å². The number of carbonyl (C=O) groups is 3. The van der Waals surface area contributed by atoms with Crippen molar-refractivity contribution in [3.63, 3.8) is 0 Å². The third-order valence-corrected chi connectivity index (χ3v) is 5.08. The van der Waals surface area contributed by atoms with Gasteiger partial charge < -0.3 is 15.4 Å². The number of methoxy groups -OCH3 is 1. The fraction of sp³-hybridized carbons (Fsp3) is 0.650. The normalized spacial score (nSPS) is 17.3. The Morgan fingerprint density at radius 3 is 2.32 bits per heavy atom. The van der Waals surface area contributed by atoms with Crippen molar-refractivity contribution in [1.29, 1.82) is 0 Å². The third kappa shape index (κ3) is 5.74. The van der Waals surface area contributed by atoms with Gasteiger partial charge in [0.05, 0.1) is 13.3 Å². The second-order valence-electron chi connectivity index (χ2n) is 8.27. The van der Waals surface area contributed by atoms with Crippen LogP contribution in [0.25, 0.3) is 0 Å². The molecule has 28 heavy (non-hydrogen) atoms. The Balaban J connectivity index is 2.21. The van der Waals surface area contributed by atoms with Crippen LogP contribution in [0.1, 0.15) is 63.4 Å². The predicted molar refractivity (Wildman–Crippen MR) is 103 cm³/mol. The van der Waals surface area contributed by atoms with Crippen LogP contribution in [0.5, 0.6) is 0 Å². The van der Waals surface area contributed by atoms with Crippen molar-refractivity contribution in [2.75, 3.05) is 7.11 Å². The van der Waals surface area contributed by atoms with E-state index in [9.17, 15) is 14.4 Å². The van der Waals surface area contributed by atoms with Gasteiger partial charge in [0.1, 0.15) is 17.8 Å². The van der Waals surface area contributed by atoms with Crippen molar-refractivity contribution in [3.05, 3.63) is 24.3 Å². The van der Waals surface area contributed by atoms with Crippen LogP contribution in [0.15, 0.2) is 18.6 Å². The van der Waals surface area contributed by atoms with E-state index in [0.29, 0.717) is 0 Å². The molecule has 0 aliphatic heterocycles. The zero-order chi connectivity index (χ0) is 20.7. The maximum atomic E-state index is 13.1. The van der Waals surface area contributed by atoms with E-state index in [-0.39, 0.29) is 17.5 Å². The average Bonchev–Trinajstić information content (AvgIpc) is 2.69. The lowest BCUT2D eigenvalue weighted by Crippen LogP contribution is -2.58. The molecule has 2 amide bonds. The molecule has 2 unspecified atom stereocenters. The fourth-order valence-corrected chi connectivity index (χ4v) is 3.48. The molecule has 1 fully saturated rings. The van der Waals surface area contributed by atoms with Crippen molar-refractivity contribution in [2.24, 2.45) is 11.3 Å². The van der Waals surface area contributed by atoms with Crippen LogP contribution in [0.3, 0.4) is 0 Å². The van der Waals surface area contributed by atoms with Crippen LogP contribution in [0.2, 0.25) is 0 Å². The van der Waals surface area contributed by atoms with Gasteiger partial charge in [-0.1, -0.05) is 40.0 Å². The number of esters is 1. The molecule has 2 atom stereocenters. The molecule has 8 heteroatoms. The maximum absolute atomic E-state index is 13.1. The standard InChI is InChI=1S/C20H30N4O4/c1-20(2,3)16(19(27)28-4)24-18(26)15(13-8-6-5-7-9-13)23-17(25)14-12-21-10-11-22-14/h10-13,15-16H,5-9H2,1-4H3,(H,23,25)(H,24,26). The molecule has 1 aliphatic rings. The van der Waals surface area contributed by atoms with Crippen molar-refractivity contribution >= 4 is 17.8 Å². The van der Waals surface area contributed by atoms with E-state index in [1.165, 1.54) is 25.7 Å². The van der Waals surface area contributed by atoms with Gasteiger partial charge in [0.2, 0.25) is 5.91 Å². The highest BCUT2D eigenvalue weighted by molar-refractivity contribution is 5.96. The number of ether oxygens (including phenoxy) is 1. The van der Waals surface area contributed by atoms with Crippen LogP contribution in [0.4, 0.5) is 0 Å². The Morgan fingerprint density at radius 1 is 1.11 bits per heavy atom. The summed E-state index contributed by atoms with van der Waals surface area (Å²) in [7, 11) is 1.29. The minimum Gasteiger partial charge on any atom is -0.467 e. The van der Waals surface area contributed by atoms with Gasteiger partial charge >= 0.3 is 5.97 Å². The second kappa shape index (κ2) is 9.61. The highest BCUT2D eigenvalue weighted by Gasteiger charge is 2.38. The van der Waals surface area contributed by atoms with Crippen LogP contribution in [0, 0.1) is 11.3 Å². The molecule has 0 saturated heterocycles. The van der Waals surface area contributed by atoms with E-state index in [4.69, 9.17) is 4.74 Å². The van der Waals surface area contributed by atoms with Gasteiger partial charge in [-0.15, -0.1) is 0 Å². The van der Waals surface area contributed by atoms with Gasteiger partial charge in [-0.3, -0.25) is 14.6 Å². The maximum Gasteiger partial charge on any atom is 0.328 e. The summed E-state index contributed by atoms with van der Waals surface area (Å²) in [5.41, 5.74) is -0.383. The minimum atomic E-state index is -0.815. The fourth-order valence-electron chi connectivity index (χ4n) is 3.48. The number of aromatic nitrogens is 2. The number of nitrogens with one attached hydrogen (secondary N) is 2. The summed E-state index contributed by atoms with van der Waals surface area (Å²) in [6.07, 6.45) is 9.09. The van der Waals surface area contributed by atoms with Gasteiger partial charge in [-0.05, 0) is 24.2 Å². The molecule has 2 rings (SSSR count). The monoisotopic (exact) mass is 390 g/mol. The van der Waals surface area contributed by atoms with Gasteiger partial charge in [0.25, 0.3) is 5.91 Å². The number of carbonyl (C=O) groups excluding carboxylic acids is 3. The van der Waals surface area contributed by atoms with Crippen LogP contribution < -0.4 is 10.6 Å². The molecule has 1 saturated carbocycles. The summed E-state index contributed by atoms with van der Waals surface area (Å²) in [4.78, 5) is 45.8. The molecule has 0 radical (unpaired) electrons. The highest BCUT2D eigenvalue weighted by Crippen LogP contribution is 2.28. The first-order valence-corrected chi connectivity index (χ1v) is 9.69. The van der Waals surface area contributed by atoms with Crippen LogP contribution >= 0.6 is 0 Å². The molecule has 1 heterocycles. The minimum absolute atomic E-state index is 0.00707. The van der Waals surface area contributed by atoms with Crippen molar-refractivity contribution < 1.29 is 19.1 Å². The number of rotatable bonds is 6. The third-order valence-electron chi connectivity index (χ3n) is 5.08. The summed E-state index contributed by atoms with van der Waals surface area (Å²) in [5, 5.41) is 5.61. The molecule has 1 aromatic rings. The molecule has 1 aliphatic carbocycles. The van der Waals surface area contributed by atoms with E-state index in [2.05, 4.69) is 20.6 Å². The van der Waals surface area contributed by atoms with Gasteiger partial charge in [-0.25, -0.2) is 9.78 Å². The van der Waals surface area contributed by atoms with Gasteiger partial charge in [0.15, 0.2) is 0 Å². The van der Waals surface area contributed by atoms with Gasteiger partial charge in [-0.2, -0.15) is 0 Å². The summed E-state index contributed by atoms with van der Waals surface area (Å²) >= 11 is 0. The Morgan fingerprint density at radius 2 is 1.79 bits per heavy atom. The Bertz CT molecular complexity index is 681. The van der Waals surface area contributed by atoms with Gasteiger partial charge in [0, 0.05) is 12.4 Å². The molecule has 8 nitrogen and oxygen atoms in total. The van der Waals surface area contributed by atoms with E-state index < -0.39 is 29.4 Å². The molecule has 1 aromatic heterocycles. The highest BCUT2D eigenvalue weighted by atomic mass is 16.5. The molecular formula is C20H30N4O4. The van der Waals surface area contributed by atoms with Crippen molar-refractivity contribution in [1.82, 2.24) is 20.6 Å². The Kier molecular flexibility index (Phi) is 7.48. The average molecular weight is 390 g/mol.